The quantitative estimate of drug-likeness (QED) is 0.248. The average Bonchev–Trinajstić information content (AvgIpc) is 3.52. The molecule has 3 aromatic carbocycles. The molecule has 0 spiro atoms. The molecule has 0 saturated heterocycles. The Morgan fingerprint density at radius 1 is 0.974 bits per heavy atom. The van der Waals surface area contributed by atoms with Crippen molar-refractivity contribution in [1.29, 1.82) is 0 Å². The molecule has 4 unspecified atom stereocenters. The number of thiophene rings is 1. The van der Waals surface area contributed by atoms with Crippen molar-refractivity contribution in [3.8, 4) is 11.5 Å². The van der Waals surface area contributed by atoms with Crippen molar-refractivity contribution >= 4 is 38.8 Å². The molecule has 1 fully saturated rings. The fourth-order valence-corrected chi connectivity index (χ4v) is 6.86. The third kappa shape index (κ3) is 3.86. The van der Waals surface area contributed by atoms with Gasteiger partial charge in [0.15, 0.2) is 5.78 Å². The predicted molar refractivity (Wildman–Crippen MR) is 149 cm³/mol. The van der Waals surface area contributed by atoms with Crippen LogP contribution >= 0.6 is 11.3 Å². The minimum atomic E-state index is -1.52. The van der Waals surface area contributed by atoms with Crippen molar-refractivity contribution < 1.29 is 14.3 Å². The molecule has 2 aliphatic rings. The van der Waals surface area contributed by atoms with Gasteiger partial charge < -0.3 is 33.0 Å². The Balaban J connectivity index is 1.42. The number of nitrogens with one attached hydrogen (secondary N) is 1. The number of ketones is 1. The molecule has 6 rings (SSSR count). The molecule has 9 heteroatoms. The highest BCUT2D eigenvalue weighted by molar-refractivity contribution is 7.21. The molecule has 1 aromatic heterocycles. The molecular formula is C29H29N5O3S. The lowest BCUT2D eigenvalue weighted by Crippen LogP contribution is -2.52. The Bertz CT molecular complexity index is 1550. The van der Waals surface area contributed by atoms with E-state index < -0.39 is 11.6 Å². The summed E-state index contributed by atoms with van der Waals surface area (Å²) < 4.78 is 6.61. The molecule has 8 nitrogen and oxygen atoms in total. The molecule has 2 aliphatic carbocycles. The summed E-state index contributed by atoms with van der Waals surface area (Å²) in [5, 5.41) is 3.76. The van der Waals surface area contributed by atoms with Gasteiger partial charge in [-0.25, -0.2) is 0 Å². The highest BCUT2D eigenvalue weighted by Gasteiger charge is 2.48. The lowest BCUT2D eigenvalue weighted by Gasteiger charge is -2.36. The maximum Gasteiger partial charge on any atom is 0.261 e. The van der Waals surface area contributed by atoms with Gasteiger partial charge in [0.25, 0.3) is 5.91 Å². The number of carbonyl (C=O) groups excluding carboxylic acids is 2. The first-order valence-corrected chi connectivity index (χ1v) is 13.4. The summed E-state index contributed by atoms with van der Waals surface area (Å²) in [6, 6.07) is 19.0. The van der Waals surface area contributed by atoms with Crippen LogP contribution in [0.2, 0.25) is 0 Å². The molecule has 0 aliphatic heterocycles. The van der Waals surface area contributed by atoms with E-state index >= 15 is 0 Å². The van der Waals surface area contributed by atoms with Gasteiger partial charge in [-0.15, -0.1) is 11.3 Å². The first-order chi connectivity index (χ1) is 18.3. The second kappa shape index (κ2) is 9.21. The molecule has 1 heterocycles. The zero-order valence-electron chi connectivity index (χ0n) is 20.6. The molecule has 9 N–H and O–H groups in total. The third-order valence-corrected chi connectivity index (χ3v) is 8.87. The van der Waals surface area contributed by atoms with Crippen LogP contribution in [0.5, 0.6) is 11.5 Å². The SMILES string of the molecule is Nc1ccc2c3c(c(C(=O)NC4CCC(N)C4)sc13)C(N)C(=O)C2(N)c1ccc(Oc2ccccc2)cc1. The van der Waals surface area contributed by atoms with Gasteiger partial charge in [0.05, 0.1) is 15.6 Å². The summed E-state index contributed by atoms with van der Waals surface area (Å²) in [5.41, 5.74) is 26.5. The summed E-state index contributed by atoms with van der Waals surface area (Å²) in [6.07, 6.45) is 2.41. The van der Waals surface area contributed by atoms with Gasteiger partial charge in [-0.1, -0.05) is 36.4 Å². The molecule has 38 heavy (non-hydrogen) atoms. The van der Waals surface area contributed by atoms with E-state index in [9.17, 15) is 9.59 Å². The zero-order chi connectivity index (χ0) is 26.6. The van der Waals surface area contributed by atoms with Crippen LogP contribution in [-0.2, 0) is 10.3 Å². The molecule has 4 atom stereocenters. The van der Waals surface area contributed by atoms with E-state index in [1.54, 1.807) is 36.4 Å². The maximum atomic E-state index is 13.9. The second-order valence-electron chi connectivity index (χ2n) is 10.1. The highest BCUT2D eigenvalue weighted by Crippen LogP contribution is 2.49. The van der Waals surface area contributed by atoms with Crippen molar-refractivity contribution in [2.75, 3.05) is 5.73 Å². The standard InChI is InChI=1S/C29H29N5O3S/c30-16-8-9-17(14-16)34-28(36)26-23-22-20(12-13-21(31)25(22)38-26)29(33,27(35)24(23)32)15-6-10-19(11-7-15)37-18-4-2-1-3-5-18/h1-7,10-13,16-17,24H,8-9,14,30-33H2,(H,34,36). The number of nitrogens with two attached hydrogens (primary N) is 4. The average molecular weight is 528 g/mol. The van der Waals surface area contributed by atoms with Gasteiger partial charge in [-0.05, 0) is 60.7 Å². The number of anilines is 1. The number of hydrogen-bond donors (Lipinski definition) is 5. The number of benzene rings is 3. The molecular weight excluding hydrogens is 498 g/mol. The van der Waals surface area contributed by atoms with E-state index in [0.717, 1.165) is 19.3 Å². The van der Waals surface area contributed by atoms with Gasteiger partial charge in [0.2, 0.25) is 0 Å². The summed E-state index contributed by atoms with van der Waals surface area (Å²) >= 11 is 1.25. The molecule has 1 saturated carbocycles. The van der Waals surface area contributed by atoms with Crippen LogP contribution in [0.15, 0.2) is 66.7 Å². The van der Waals surface area contributed by atoms with Crippen LogP contribution in [0.25, 0.3) is 10.1 Å². The van der Waals surface area contributed by atoms with Gasteiger partial charge in [0, 0.05) is 28.7 Å². The van der Waals surface area contributed by atoms with E-state index in [2.05, 4.69) is 5.32 Å². The lowest BCUT2D eigenvalue weighted by atomic mass is 9.70. The first kappa shape index (κ1) is 24.6. The van der Waals surface area contributed by atoms with Crippen LogP contribution in [-0.4, -0.2) is 23.8 Å². The lowest BCUT2D eigenvalue weighted by molar-refractivity contribution is -0.124. The third-order valence-electron chi connectivity index (χ3n) is 7.62. The Morgan fingerprint density at radius 3 is 2.37 bits per heavy atom. The van der Waals surface area contributed by atoms with Gasteiger partial charge >= 0.3 is 0 Å². The predicted octanol–water partition coefficient (Wildman–Crippen LogP) is 3.67. The number of hydrogen-bond acceptors (Lipinski definition) is 8. The summed E-state index contributed by atoms with van der Waals surface area (Å²) in [4.78, 5) is 27.7. The maximum absolute atomic E-state index is 13.9. The Kier molecular flexibility index (Phi) is 5.96. The zero-order valence-corrected chi connectivity index (χ0v) is 21.5. The van der Waals surface area contributed by atoms with E-state index in [0.29, 0.717) is 48.8 Å². The fraction of sp³-hybridized carbons (Fsp3) is 0.241. The second-order valence-corrected chi connectivity index (χ2v) is 11.1. The Labute approximate surface area is 223 Å². The number of ether oxygens (including phenoxy) is 1. The molecule has 1 amide bonds. The number of para-hydroxylation sites is 1. The normalized spacial score (nSPS) is 24.5. The number of nitrogen functional groups attached to an aromatic ring is 1. The van der Waals surface area contributed by atoms with Crippen LogP contribution in [0.4, 0.5) is 5.69 Å². The van der Waals surface area contributed by atoms with E-state index in [-0.39, 0.29) is 23.8 Å². The molecule has 4 aromatic rings. The van der Waals surface area contributed by atoms with Crippen molar-refractivity contribution in [3.63, 3.8) is 0 Å². The highest BCUT2D eigenvalue weighted by atomic mass is 32.1. The Morgan fingerprint density at radius 2 is 1.68 bits per heavy atom. The fourth-order valence-electron chi connectivity index (χ4n) is 5.66. The van der Waals surface area contributed by atoms with Gasteiger partial charge in [-0.3, -0.25) is 9.59 Å². The minimum absolute atomic E-state index is 0.00698. The largest absolute Gasteiger partial charge is 0.457 e. The number of Topliss-reactive ketones (excluding diaryl/α,β-unsaturated/α-hetero) is 1. The van der Waals surface area contributed by atoms with Crippen molar-refractivity contribution in [1.82, 2.24) is 5.32 Å². The summed E-state index contributed by atoms with van der Waals surface area (Å²) in [7, 11) is 0. The van der Waals surface area contributed by atoms with E-state index in [1.807, 2.05) is 30.3 Å². The van der Waals surface area contributed by atoms with Crippen molar-refractivity contribution in [2.45, 2.75) is 42.9 Å². The number of rotatable bonds is 5. The van der Waals surface area contributed by atoms with Crippen molar-refractivity contribution in [2.24, 2.45) is 17.2 Å². The van der Waals surface area contributed by atoms with Crippen LogP contribution < -0.4 is 33.0 Å². The number of amides is 1. The number of carbonyl (C=O) groups is 2. The van der Waals surface area contributed by atoms with Crippen LogP contribution in [0.3, 0.4) is 0 Å². The first-order valence-electron chi connectivity index (χ1n) is 12.6. The summed E-state index contributed by atoms with van der Waals surface area (Å²) in [6.45, 7) is 0. The van der Waals surface area contributed by atoms with Gasteiger partial charge in [-0.2, -0.15) is 0 Å². The molecule has 0 radical (unpaired) electrons. The van der Waals surface area contributed by atoms with E-state index in [1.165, 1.54) is 11.3 Å². The van der Waals surface area contributed by atoms with Crippen LogP contribution in [0, 0.1) is 0 Å². The van der Waals surface area contributed by atoms with Gasteiger partial charge in [0.1, 0.15) is 17.0 Å². The van der Waals surface area contributed by atoms with Crippen LogP contribution in [0.1, 0.15) is 51.7 Å². The Hall–Kier alpha value is -3.76. The monoisotopic (exact) mass is 527 g/mol. The molecule has 0 bridgehead atoms. The van der Waals surface area contributed by atoms with Crippen molar-refractivity contribution in [3.05, 3.63) is 88.3 Å². The topological polar surface area (TPSA) is 159 Å². The minimum Gasteiger partial charge on any atom is -0.457 e. The van der Waals surface area contributed by atoms with E-state index in [4.69, 9.17) is 27.7 Å². The summed E-state index contributed by atoms with van der Waals surface area (Å²) in [5.74, 6) is 0.663. The smallest absolute Gasteiger partial charge is 0.261 e. The molecule has 194 valence electrons.